The Morgan fingerprint density at radius 1 is 1.30 bits per heavy atom. The molecule has 1 amide bonds. The van der Waals surface area contributed by atoms with E-state index in [9.17, 15) is 9.18 Å². The third-order valence-corrected chi connectivity index (χ3v) is 3.77. The number of carbonyl (C=O) groups is 1. The number of amides is 1. The first-order valence-corrected chi connectivity index (χ1v) is 7.21. The Balaban J connectivity index is 1.75. The Morgan fingerprint density at radius 3 is 2.55 bits per heavy atom. The molecule has 0 aliphatic heterocycles. The standard InChI is InChI=1S/C16H23FN2O/c1-16(2,13-5-7-14(17)8-6-13)11-19-15(20)10-18-9-12-3-4-12/h5-8,12,18H,3-4,9-11H2,1-2H3,(H,19,20). The molecule has 0 radical (unpaired) electrons. The van der Waals surface area contributed by atoms with Crippen LogP contribution in [0, 0.1) is 11.7 Å². The highest BCUT2D eigenvalue weighted by molar-refractivity contribution is 5.78. The van der Waals surface area contributed by atoms with Gasteiger partial charge in [-0.3, -0.25) is 4.79 Å². The molecule has 1 aliphatic carbocycles. The zero-order valence-corrected chi connectivity index (χ0v) is 12.2. The minimum atomic E-state index is -0.238. The number of halogens is 1. The van der Waals surface area contributed by atoms with Gasteiger partial charge in [-0.15, -0.1) is 0 Å². The number of benzene rings is 1. The lowest BCUT2D eigenvalue weighted by Crippen LogP contribution is -2.41. The molecule has 0 atom stereocenters. The summed E-state index contributed by atoms with van der Waals surface area (Å²) < 4.78 is 12.9. The molecule has 0 aromatic heterocycles. The van der Waals surface area contributed by atoms with Gasteiger partial charge in [0.05, 0.1) is 6.54 Å². The fraction of sp³-hybridized carbons (Fsp3) is 0.562. The fourth-order valence-electron chi connectivity index (χ4n) is 2.10. The van der Waals surface area contributed by atoms with Gasteiger partial charge in [-0.25, -0.2) is 4.39 Å². The van der Waals surface area contributed by atoms with Gasteiger partial charge < -0.3 is 10.6 Å². The van der Waals surface area contributed by atoms with Gasteiger partial charge >= 0.3 is 0 Å². The topological polar surface area (TPSA) is 41.1 Å². The molecule has 0 spiro atoms. The third kappa shape index (κ3) is 4.60. The number of rotatable bonds is 7. The van der Waals surface area contributed by atoms with E-state index in [2.05, 4.69) is 10.6 Å². The quantitative estimate of drug-likeness (QED) is 0.803. The van der Waals surface area contributed by atoms with Crippen LogP contribution in [0.5, 0.6) is 0 Å². The molecule has 0 bridgehead atoms. The number of nitrogens with one attached hydrogen (secondary N) is 2. The normalized spacial score (nSPS) is 15.2. The molecule has 0 saturated heterocycles. The number of hydrogen-bond acceptors (Lipinski definition) is 2. The van der Waals surface area contributed by atoms with Gasteiger partial charge in [-0.2, -0.15) is 0 Å². The van der Waals surface area contributed by atoms with Gasteiger partial charge in [-0.05, 0) is 43.0 Å². The van der Waals surface area contributed by atoms with E-state index in [4.69, 9.17) is 0 Å². The maximum Gasteiger partial charge on any atom is 0.233 e. The van der Waals surface area contributed by atoms with Crippen molar-refractivity contribution < 1.29 is 9.18 Å². The number of carbonyl (C=O) groups excluding carboxylic acids is 1. The van der Waals surface area contributed by atoms with E-state index in [1.807, 2.05) is 13.8 Å². The zero-order valence-electron chi connectivity index (χ0n) is 12.2. The van der Waals surface area contributed by atoms with Crippen molar-refractivity contribution in [1.82, 2.24) is 10.6 Å². The molecule has 1 saturated carbocycles. The van der Waals surface area contributed by atoms with Crippen LogP contribution in [-0.2, 0) is 10.2 Å². The van der Waals surface area contributed by atoms with Gasteiger partial charge in [0.15, 0.2) is 0 Å². The largest absolute Gasteiger partial charge is 0.354 e. The summed E-state index contributed by atoms with van der Waals surface area (Å²) in [6, 6.07) is 6.45. The molecule has 20 heavy (non-hydrogen) atoms. The molecule has 0 heterocycles. The van der Waals surface area contributed by atoms with Crippen molar-refractivity contribution in [3.63, 3.8) is 0 Å². The Kier molecular flexibility index (Phi) is 4.76. The van der Waals surface area contributed by atoms with E-state index >= 15 is 0 Å². The van der Waals surface area contributed by atoms with Gasteiger partial charge in [0.2, 0.25) is 5.91 Å². The SMILES string of the molecule is CC(C)(CNC(=O)CNCC1CC1)c1ccc(F)cc1. The Morgan fingerprint density at radius 2 is 1.95 bits per heavy atom. The summed E-state index contributed by atoms with van der Waals surface area (Å²) in [6.45, 7) is 5.93. The highest BCUT2D eigenvalue weighted by Gasteiger charge is 2.22. The van der Waals surface area contributed by atoms with Crippen LogP contribution < -0.4 is 10.6 Å². The lowest BCUT2D eigenvalue weighted by molar-refractivity contribution is -0.120. The summed E-state index contributed by atoms with van der Waals surface area (Å²) in [7, 11) is 0. The van der Waals surface area contributed by atoms with Crippen molar-refractivity contribution in [2.75, 3.05) is 19.6 Å². The molecular weight excluding hydrogens is 255 g/mol. The van der Waals surface area contributed by atoms with E-state index in [1.54, 1.807) is 12.1 Å². The molecule has 1 fully saturated rings. The summed E-state index contributed by atoms with van der Waals surface area (Å²) in [5.74, 6) is 0.553. The van der Waals surface area contributed by atoms with Crippen molar-refractivity contribution in [3.05, 3.63) is 35.6 Å². The first kappa shape index (κ1) is 15.0. The maximum atomic E-state index is 12.9. The Labute approximate surface area is 120 Å². The van der Waals surface area contributed by atoms with Crippen LogP contribution in [0.3, 0.4) is 0 Å². The van der Waals surface area contributed by atoms with Crippen LogP contribution in [0.4, 0.5) is 4.39 Å². The highest BCUT2D eigenvalue weighted by Crippen LogP contribution is 2.27. The van der Waals surface area contributed by atoms with Crippen LogP contribution >= 0.6 is 0 Å². The third-order valence-electron chi connectivity index (χ3n) is 3.77. The molecular formula is C16H23FN2O. The zero-order chi connectivity index (χ0) is 14.6. The predicted octanol–water partition coefficient (Wildman–Crippen LogP) is 2.22. The molecule has 2 rings (SSSR count). The first-order chi connectivity index (χ1) is 9.47. The molecule has 1 aliphatic rings. The van der Waals surface area contributed by atoms with Crippen LogP contribution in [0.15, 0.2) is 24.3 Å². The second-order valence-electron chi connectivity index (χ2n) is 6.24. The highest BCUT2D eigenvalue weighted by atomic mass is 19.1. The molecule has 1 aromatic carbocycles. The van der Waals surface area contributed by atoms with Crippen LogP contribution in [0.1, 0.15) is 32.3 Å². The average molecular weight is 278 g/mol. The number of hydrogen-bond donors (Lipinski definition) is 2. The van der Waals surface area contributed by atoms with E-state index < -0.39 is 0 Å². The van der Waals surface area contributed by atoms with Gasteiger partial charge in [0.25, 0.3) is 0 Å². The van der Waals surface area contributed by atoms with E-state index in [-0.39, 0.29) is 17.1 Å². The average Bonchev–Trinajstić information content (AvgIpc) is 3.21. The van der Waals surface area contributed by atoms with Gasteiger partial charge in [0, 0.05) is 12.0 Å². The second kappa shape index (κ2) is 6.35. The van der Waals surface area contributed by atoms with Crippen molar-refractivity contribution in [1.29, 1.82) is 0 Å². The molecule has 0 unspecified atom stereocenters. The van der Waals surface area contributed by atoms with E-state index in [0.29, 0.717) is 13.1 Å². The lowest BCUT2D eigenvalue weighted by Gasteiger charge is -2.25. The molecule has 1 aromatic rings. The predicted molar refractivity (Wildman–Crippen MR) is 78.0 cm³/mol. The smallest absolute Gasteiger partial charge is 0.233 e. The molecule has 3 nitrogen and oxygen atoms in total. The second-order valence-corrected chi connectivity index (χ2v) is 6.24. The van der Waals surface area contributed by atoms with Gasteiger partial charge in [0.1, 0.15) is 5.82 Å². The summed E-state index contributed by atoms with van der Waals surface area (Å²) in [5, 5.41) is 6.10. The monoisotopic (exact) mass is 278 g/mol. The van der Waals surface area contributed by atoms with Crippen LogP contribution in [0.2, 0.25) is 0 Å². The summed E-state index contributed by atoms with van der Waals surface area (Å²) in [4.78, 5) is 11.7. The van der Waals surface area contributed by atoms with Crippen LogP contribution in [-0.4, -0.2) is 25.5 Å². The van der Waals surface area contributed by atoms with Crippen LogP contribution in [0.25, 0.3) is 0 Å². The fourth-order valence-corrected chi connectivity index (χ4v) is 2.10. The minimum Gasteiger partial charge on any atom is -0.354 e. The minimum absolute atomic E-state index is 0.0147. The van der Waals surface area contributed by atoms with Crippen molar-refractivity contribution in [2.45, 2.75) is 32.1 Å². The molecule has 110 valence electrons. The molecule has 4 heteroatoms. The van der Waals surface area contributed by atoms with E-state index in [0.717, 1.165) is 18.0 Å². The van der Waals surface area contributed by atoms with E-state index in [1.165, 1.54) is 25.0 Å². The molecule has 2 N–H and O–H groups in total. The summed E-state index contributed by atoms with van der Waals surface area (Å²) in [6.07, 6.45) is 2.57. The van der Waals surface area contributed by atoms with Crippen molar-refractivity contribution in [3.8, 4) is 0 Å². The Bertz CT molecular complexity index is 452. The Hall–Kier alpha value is -1.42. The summed E-state index contributed by atoms with van der Waals surface area (Å²) >= 11 is 0. The maximum absolute atomic E-state index is 12.9. The van der Waals surface area contributed by atoms with Gasteiger partial charge in [-0.1, -0.05) is 26.0 Å². The van der Waals surface area contributed by atoms with Crippen molar-refractivity contribution in [2.24, 2.45) is 5.92 Å². The lowest BCUT2D eigenvalue weighted by atomic mass is 9.84. The summed E-state index contributed by atoms with van der Waals surface area (Å²) in [5.41, 5.74) is 0.810. The van der Waals surface area contributed by atoms with Crippen molar-refractivity contribution >= 4 is 5.91 Å². The first-order valence-electron chi connectivity index (χ1n) is 7.21.